The highest BCUT2D eigenvalue weighted by Crippen LogP contribution is 2.33. The number of fused-ring (bicyclic) bond motifs is 1. The Morgan fingerprint density at radius 3 is 3.06 bits per heavy atom. The van der Waals surface area contributed by atoms with Crippen molar-refractivity contribution in [2.24, 2.45) is 0 Å². The van der Waals surface area contributed by atoms with Crippen LogP contribution in [-0.4, -0.2) is 9.55 Å². The molecule has 5 heteroatoms. The van der Waals surface area contributed by atoms with E-state index in [0.717, 1.165) is 40.3 Å². The first kappa shape index (κ1) is 11.0. The van der Waals surface area contributed by atoms with Crippen LogP contribution in [0, 0.1) is 11.3 Å². The molecular formula is C12H10BrN3S. The molecule has 2 aromatic heterocycles. The number of halogens is 1. The normalized spacial score (nSPS) is 14.4. The first-order valence-electron chi connectivity index (χ1n) is 5.53. The monoisotopic (exact) mass is 307 g/mol. The van der Waals surface area contributed by atoms with E-state index in [-0.39, 0.29) is 0 Å². The van der Waals surface area contributed by atoms with Gasteiger partial charge in [0.15, 0.2) is 0 Å². The fraction of sp³-hybridized carbons (Fsp3) is 0.333. The van der Waals surface area contributed by atoms with Gasteiger partial charge in [0, 0.05) is 22.8 Å². The van der Waals surface area contributed by atoms with Crippen molar-refractivity contribution in [3.8, 4) is 16.6 Å². The molecule has 1 aliphatic rings. The fourth-order valence-electron chi connectivity index (χ4n) is 2.21. The summed E-state index contributed by atoms with van der Waals surface area (Å²) in [6.07, 6.45) is 3.31. The van der Waals surface area contributed by atoms with E-state index in [1.54, 1.807) is 11.3 Å². The molecule has 0 unspecified atom stereocenters. The Hall–Kier alpha value is -1.12. The molecule has 0 amide bonds. The molecule has 0 saturated carbocycles. The van der Waals surface area contributed by atoms with Gasteiger partial charge in [0.05, 0.1) is 4.88 Å². The number of thiophene rings is 1. The smallest absolute Gasteiger partial charge is 0.149 e. The Morgan fingerprint density at radius 1 is 1.47 bits per heavy atom. The van der Waals surface area contributed by atoms with E-state index in [0.29, 0.717) is 5.69 Å². The first-order chi connectivity index (χ1) is 8.29. The predicted octanol–water partition coefficient (Wildman–Crippen LogP) is 3.58. The van der Waals surface area contributed by atoms with E-state index in [9.17, 15) is 5.26 Å². The summed E-state index contributed by atoms with van der Waals surface area (Å²) < 4.78 is 3.12. The molecule has 0 spiro atoms. The van der Waals surface area contributed by atoms with Crippen LogP contribution in [0.1, 0.15) is 24.4 Å². The molecule has 2 aromatic rings. The van der Waals surface area contributed by atoms with E-state index < -0.39 is 0 Å². The molecule has 3 nitrogen and oxygen atoms in total. The number of rotatable bonds is 1. The number of imidazole rings is 1. The molecule has 0 fully saturated rings. The largest absolute Gasteiger partial charge is 0.319 e. The molecular weight excluding hydrogens is 298 g/mol. The highest BCUT2D eigenvalue weighted by atomic mass is 79.9. The van der Waals surface area contributed by atoms with Crippen LogP contribution in [0.25, 0.3) is 10.6 Å². The quantitative estimate of drug-likeness (QED) is 0.808. The molecule has 86 valence electrons. The Bertz CT molecular complexity index is 606. The number of nitrogens with zero attached hydrogens (tertiary/aromatic N) is 3. The fourth-order valence-corrected chi connectivity index (χ4v) is 3.62. The lowest BCUT2D eigenvalue weighted by Gasteiger charge is -2.13. The lowest BCUT2D eigenvalue weighted by Crippen LogP contribution is -2.11. The lowest BCUT2D eigenvalue weighted by molar-refractivity contribution is 0.519. The van der Waals surface area contributed by atoms with E-state index >= 15 is 0 Å². The van der Waals surface area contributed by atoms with Crippen LogP contribution in [0.3, 0.4) is 0 Å². The molecule has 0 radical (unpaired) electrons. The predicted molar refractivity (Wildman–Crippen MR) is 70.9 cm³/mol. The zero-order valence-corrected chi connectivity index (χ0v) is 11.5. The second-order valence-corrected chi connectivity index (χ2v) is 5.90. The molecule has 0 bridgehead atoms. The van der Waals surface area contributed by atoms with Gasteiger partial charge in [0.1, 0.15) is 23.3 Å². The van der Waals surface area contributed by atoms with Gasteiger partial charge in [-0.05, 0) is 34.8 Å². The van der Waals surface area contributed by atoms with Crippen LogP contribution >= 0.6 is 27.3 Å². The van der Waals surface area contributed by atoms with Gasteiger partial charge in [-0.3, -0.25) is 0 Å². The number of hydrogen-bond acceptors (Lipinski definition) is 3. The van der Waals surface area contributed by atoms with E-state index in [1.807, 2.05) is 11.4 Å². The minimum absolute atomic E-state index is 0.717. The third-order valence-corrected chi connectivity index (χ3v) is 4.68. The third kappa shape index (κ3) is 1.81. The zero-order valence-electron chi connectivity index (χ0n) is 9.11. The van der Waals surface area contributed by atoms with Gasteiger partial charge in [-0.15, -0.1) is 11.3 Å². The van der Waals surface area contributed by atoms with Crippen LogP contribution < -0.4 is 0 Å². The van der Waals surface area contributed by atoms with Gasteiger partial charge in [-0.2, -0.15) is 5.26 Å². The van der Waals surface area contributed by atoms with Crippen molar-refractivity contribution >= 4 is 27.3 Å². The average molecular weight is 308 g/mol. The molecule has 0 saturated heterocycles. The maximum Gasteiger partial charge on any atom is 0.149 e. The van der Waals surface area contributed by atoms with Crippen molar-refractivity contribution in [3.05, 3.63) is 27.4 Å². The van der Waals surface area contributed by atoms with E-state index in [1.165, 1.54) is 6.42 Å². The lowest BCUT2D eigenvalue weighted by atomic mass is 10.1. The zero-order chi connectivity index (χ0) is 11.8. The second-order valence-electron chi connectivity index (χ2n) is 4.07. The summed E-state index contributed by atoms with van der Waals surface area (Å²) in [4.78, 5) is 5.70. The highest BCUT2D eigenvalue weighted by Gasteiger charge is 2.21. The molecule has 0 N–H and O–H groups in total. The van der Waals surface area contributed by atoms with Crippen LogP contribution in [0.4, 0.5) is 0 Å². The minimum atomic E-state index is 0.717. The van der Waals surface area contributed by atoms with Crippen molar-refractivity contribution < 1.29 is 0 Å². The van der Waals surface area contributed by atoms with Crippen molar-refractivity contribution in [3.63, 3.8) is 0 Å². The Kier molecular flexibility index (Phi) is 2.77. The van der Waals surface area contributed by atoms with Crippen LogP contribution in [0.2, 0.25) is 0 Å². The summed E-state index contributed by atoms with van der Waals surface area (Å²) in [5, 5.41) is 11.3. The Balaban J connectivity index is 2.17. The number of aryl methyl sites for hydroxylation is 1. The van der Waals surface area contributed by atoms with Gasteiger partial charge >= 0.3 is 0 Å². The van der Waals surface area contributed by atoms with Crippen molar-refractivity contribution in [1.29, 1.82) is 5.26 Å². The van der Waals surface area contributed by atoms with Crippen LogP contribution in [0.5, 0.6) is 0 Å². The number of nitriles is 1. The number of hydrogen-bond donors (Lipinski definition) is 0. The molecule has 3 heterocycles. The minimum Gasteiger partial charge on any atom is -0.319 e. The second kappa shape index (κ2) is 4.28. The summed E-state index contributed by atoms with van der Waals surface area (Å²) in [5.74, 6) is 1.06. The van der Waals surface area contributed by atoms with Crippen molar-refractivity contribution in [2.45, 2.75) is 25.8 Å². The van der Waals surface area contributed by atoms with Gasteiger partial charge < -0.3 is 4.57 Å². The standard InChI is InChI=1S/C12H10BrN3S/c13-8-5-10(17-7-8)12-9(6-14)16-4-2-1-3-11(16)15-12/h5,7H,1-4H2. The molecule has 3 rings (SSSR count). The highest BCUT2D eigenvalue weighted by molar-refractivity contribution is 9.10. The van der Waals surface area contributed by atoms with E-state index in [2.05, 4.69) is 31.6 Å². The van der Waals surface area contributed by atoms with Crippen LogP contribution in [-0.2, 0) is 13.0 Å². The van der Waals surface area contributed by atoms with Gasteiger partial charge in [-0.25, -0.2) is 4.98 Å². The number of aromatic nitrogens is 2. The van der Waals surface area contributed by atoms with Gasteiger partial charge in [-0.1, -0.05) is 0 Å². The van der Waals surface area contributed by atoms with Crippen molar-refractivity contribution in [2.75, 3.05) is 0 Å². The first-order valence-corrected chi connectivity index (χ1v) is 7.21. The topological polar surface area (TPSA) is 41.6 Å². The average Bonchev–Trinajstić information content (AvgIpc) is 2.91. The summed E-state index contributed by atoms with van der Waals surface area (Å²) >= 11 is 5.06. The SMILES string of the molecule is N#Cc1c(-c2cc(Br)cs2)nc2n1CCCC2. The molecule has 0 atom stereocenters. The summed E-state index contributed by atoms with van der Waals surface area (Å²) in [5.41, 5.74) is 1.56. The third-order valence-electron chi connectivity index (χ3n) is 2.99. The molecule has 17 heavy (non-hydrogen) atoms. The summed E-state index contributed by atoms with van der Waals surface area (Å²) in [7, 11) is 0. The molecule has 0 aromatic carbocycles. The Labute approximate surface area is 112 Å². The molecule has 0 aliphatic carbocycles. The van der Waals surface area contributed by atoms with E-state index in [4.69, 9.17) is 0 Å². The maximum absolute atomic E-state index is 9.31. The maximum atomic E-state index is 9.31. The Morgan fingerprint density at radius 2 is 2.35 bits per heavy atom. The van der Waals surface area contributed by atoms with Gasteiger partial charge in [0.2, 0.25) is 0 Å². The molecule has 1 aliphatic heterocycles. The van der Waals surface area contributed by atoms with Crippen LogP contribution in [0.15, 0.2) is 15.9 Å². The summed E-state index contributed by atoms with van der Waals surface area (Å²) in [6, 6.07) is 4.33. The van der Waals surface area contributed by atoms with Crippen molar-refractivity contribution in [1.82, 2.24) is 9.55 Å². The van der Waals surface area contributed by atoms with Gasteiger partial charge in [0.25, 0.3) is 0 Å². The summed E-state index contributed by atoms with van der Waals surface area (Å²) in [6.45, 7) is 0.928.